The molecule has 0 N–H and O–H groups in total. The molecule has 1 fully saturated rings. The summed E-state index contributed by atoms with van der Waals surface area (Å²) >= 11 is 1.95. The highest BCUT2D eigenvalue weighted by Gasteiger charge is 2.38. The van der Waals surface area contributed by atoms with Crippen molar-refractivity contribution < 1.29 is 0 Å². The van der Waals surface area contributed by atoms with Gasteiger partial charge in [-0.2, -0.15) is 0 Å². The van der Waals surface area contributed by atoms with Crippen LogP contribution in [0, 0.1) is 5.92 Å². The van der Waals surface area contributed by atoms with Crippen LogP contribution in [0.15, 0.2) is 17.5 Å². The molecule has 1 aliphatic rings. The lowest BCUT2D eigenvalue weighted by Gasteiger charge is -2.32. The van der Waals surface area contributed by atoms with Gasteiger partial charge in [0.15, 0.2) is 0 Å². The van der Waals surface area contributed by atoms with Crippen molar-refractivity contribution in [1.82, 2.24) is 0 Å². The van der Waals surface area contributed by atoms with Crippen LogP contribution in [-0.4, -0.2) is 0 Å². The van der Waals surface area contributed by atoms with Crippen molar-refractivity contribution in [2.75, 3.05) is 0 Å². The molecule has 13 heavy (non-hydrogen) atoms. The summed E-state index contributed by atoms with van der Waals surface area (Å²) < 4.78 is 0. The highest BCUT2D eigenvalue weighted by atomic mass is 32.1. The van der Waals surface area contributed by atoms with Gasteiger partial charge in [-0.15, -0.1) is 11.3 Å². The summed E-state index contributed by atoms with van der Waals surface area (Å²) in [7, 11) is 0. The molecule has 1 heterocycles. The lowest BCUT2D eigenvalue weighted by molar-refractivity contribution is 0.321. The summed E-state index contributed by atoms with van der Waals surface area (Å²) in [5.74, 6) is 0.800. The van der Waals surface area contributed by atoms with Crippen molar-refractivity contribution in [3.05, 3.63) is 22.4 Å². The zero-order valence-electron chi connectivity index (χ0n) is 8.55. The molecule has 1 aliphatic carbocycles. The van der Waals surface area contributed by atoms with Crippen LogP contribution in [-0.2, 0) is 5.41 Å². The van der Waals surface area contributed by atoms with Crippen molar-refractivity contribution in [1.29, 1.82) is 0 Å². The lowest BCUT2D eigenvalue weighted by Crippen LogP contribution is -2.27. The molecule has 1 heteroatoms. The Hall–Kier alpha value is -0.300. The first-order valence-electron chi connectivity index (χ1n) is 5.30. The van der Waals surface area contributed by atoms with E-state index < -0.39 is 0 Å². The van der Waals surface area contributed by atoms with E-state index in [2.05, 4.69) is 31.4 Å². The van der Waals surface area contributed by atoms with E-state index in [1.54, 1.807) is 4.88 Å². The van der Waals surface area contributed by atoms with Crippen molar-refractivity contribution in [3.63, 3.8) is 0 Å². The Bertz CT molecular complexity index is 253. The second-order valence-electron chi connectivity index (χ2n) is 4.50. The molecule has 1 aromatic heterocycles. The van der Waals surface area contributed by atoms with Gasteiger partial charge in [0.25, 0.3) is 0 Å². The summed E-state index contributed by atoms with van der Waals surface area (Å²) in [6.45, 7) is 4.76. The average molecular weight is 194 g/mol. The highest BCUT2D eigenvalue weighted by molar-refractivity contribution is 7.10. The van der Waals surface area contributed by atoms with Crippen LogP contribution in [0.4, 0.5) is 0 Å². The molecule has 0 bridgehead atoms. The monoisotopic (exact) mass is 194 g/mol. The topological polar surface area (TPSA) is 0 Å². The predicted octanol–water partition coefficient (Wildman–Crippen LogP) is 4.22. The fraction of sp³-hybridized carbons (Fsp3) is 0.667. The third-order valence-electron chi connectivity index (χ3n) is 3.61. The fourth-order valence-corrected chi connectivity index (χ4v) is 3.81. The normalized spacial score (nSPS) is 21.2. The maximum Gasteiger partial charge on any atom is 0.0110 e. The Kier molecular flexibility index (Phi) is 2.46. The highest BCUT2D eigenvalue weighted by Crippen LogP contribution is 2.47. The fourth-order valence-electron chi connectivity index (χ4n) is 2.68. The minimum atomic E-state index is 0.536. The van der Waals surface area contributed by atoms with Crippen molar-refractivity contribution in [2.45, 2.75) is 44.9 Å². The molecule has 0 aliphatic heterocycles. The largest absolute Gasteiger partial charge is 0.148 e. The van der Waals surface area contributed by atoms with Crippen LogP contribution in [0.5, 0.6) is 0 Å². The first-order valence-corrected chi connectivity index (χ1v) is 6.18. The lowest BCUT2D eigenvalue weighted by atomic mass is 9.74. The van der Waals surface area contributed by atoms with Gasteiger partial charge >= 0.3 is 0 Å². The first-order chi connectivity index (χ1) is 6.26. The van der Waals surface area contributed by atoms with Gasteiger partial charge in [0.1, 0.15) is 0 Å². The number of rotatable bonds is 2. The van der Waals surface area contributed by atoms with Crippen LogP contribution in [0.1, 0.15) is 44.4 Å². The minimum absolute atomic E-state index is 0.536. The molecule has 0 atom stereocenters. The van der Waals surface area contributed by atoms with Gasteiger partial charge in [0.05, 0.1) is 0 Å². The SMILES string of the molecule is CC(C)C1(c2cccs2)CCCC1. The molecule has 1 aromatic rings. The predicted molar refractivity (Wildman–Crippen MR) is 59.3 cm³/mol. The summed E-state index contributed by atoms with van der Waals surface area (Å²) in [5, 5.41) is 2.22. The van der Waals surface area contributed by atoms with E-state index in [0.29, 0.717) is 5.41 Å². The third-order valence-corrected chi connectivity index (χ3v) is 4.70. The van der Waals surface area contributed by atoms with E-state index in [1.165, 1.54) is 25.7 Å². The molecule has 0 spiro atoms. The van der Waals surface area contributed by atoms with Gasteiger partial charge in [0.2, 0.25) is 0 Å². The van der Waals surface area contributed by atoms with Gasteiger partial charge in [0, 0.05) is 10.3 Å². The van der Waals surface area contributed by atoms with Crippen LogP contribution in [0.25, 0.3) is 0 Å². The van der Waals surface area contributed by atoms with Crippen LogP contribution >= 0.6 is 11.3 Å². The smallest absolute Gasteiger partial charge is 0.0110 e. The van der Waals surface area contributed by atoms with Gasteiger partial charge < -0.3 is 0 Å². The van der Waals surface area contributed by atoms with E-state index in [9.17, 15) is 0 Å². The molecule has 0 nitrogen and oxygen atoms in total. The van der Waals surface area contributed by atoms with E-state index in [-0.39, 0.29) is 0 Å². The van der Waals surface area contributed by atoms with Gasteiger partial charge in [-0.05, 0) is 30.2 Å². The van der Waals surface area contributed by atoms with E-state index in [1.807, 2.05) is 11.3 Å². The maximum absolute atomic E-state index is 2.38. The Morgan fingerprint density at radius 3 is 2.46 bits per heavy atom. The molecule has 0 unspecified atom stereocenters. The molecular weight excluding hydrogens is 176 g/mol. The van der Waals surface area contributed by atoms with Crippen molar-refractivity contribution >= 4 is 11.3 Å². The number of hydrogen-bond acceptors (Lipinski definition) is 1. The summed E-state index contributed by atoms with van der Waals surface area (Å²) in [6, 6.07) is 4.53. The summed E-state index contributed by atoms with van der Waals surface area (Å²) in [6.07, 6.45) is 5.67. The van der Waals surface area contributed by atoms with Gasteiger partial charge in [-0.3, -0.25) is 0 Å². The van der Waals surface area contributed by atoms with Crippen LogP contribution in [0.3, 0.4) is 0 Å². The molecule has 0 radical (unpaired) electrons. The Balaban J connectivity index is 2.33. The summed E-state index contributed by atoms with van der Waals surface area (Å²) in [4.78, 5) is 1.63. The molecule has 0 aromatic carbocycles. The number of hydrogen-bond donors (Lipinski definition) is 0. The summed E-state index contributed by atoms with van der Waals surface area (Å²) in [5.41, 5.74) is 0.536. The second kappa shape index (κ2) is 3.45. The van der Waals surface area contributed by atoms with Crippen molar-refractivity contribution in [2.24, 2.45) is 5.92 Å². The number of thiophene rings is 1. The van der Waals surface area contributed by atoms with Crippen LogP contribution < -0.4 is 0 Å². The zero-order valence-corrected chi connectivity index (χ0v) is 9.36. The first kappa shape index (κ1) is 9.26. The van der Waals surface area contributed by atoms with E-state index in [4.69, 9.17) is 0 Å². The van der Waals surface area contributed by atoms with Crippen molar-refractivity contribution in [3.8, 4) is 0 Å². The molecule has 72 valence electrons. The van der Waals surface area contributed by atoms with Gasteiger partial charge in [-0.1, -0.05) is 32.8 Å². The maximum atomic E-state index is 2.38. The van der Waals surface area contributed by atoms with E-state index in [0.717, 1.165) is 5.92 Å². The Labute approximate surface area is 85.0 Å². The van der Waals surface area contributed by atoms with Crippen LogP contribution in [0.2, 0.25) is 0 Å². The quantitative estimate of drug-likeness (QED) is 0.661. The molecule has 2 rings (SSSR count). The zero-order chi connectivity index (χ0) is 9.31. The average Bonchev–Trinajstić information content (AvgIpc) is 2.75. The van der Waals surface area contributed by atoms with Gasteiger partial charge in [-0.25, -0.2) is 0 Å². The Morgan fingerprint density at radius 1 is 1.31 bits per heavy atom. The standard InChI is InChI=1S/C12H18S/c1-10(2)12(7-3-4-8-12)11-6-5-9-13-11/h5-6,9-10H,3-4,7-8H2,1-2H3. The minimum Gasteiger partial charge on any atom is -0.148 e. The third kappa shape index (κ3) is 1.43. The molecular formula is C12H18S. The Morgan fingerprint density at radius 2 is 2.00 bits per heavy atom. The molecule has 0 amide bonds. The van der Waals surface area contributed by atoms with E-state index >= 15 is 0 Å². The second-order valence-corrected chi connectivity index (χ2v) is 5.44. The molecule has 1 saturated carbocycles. The molecule has 0 saturated heterocycles.